The number of alkyl halides is 1. The zero-order valence-corrected chi connectivity index (χ0v) is 15.2. The summed E-state index contributed by atoms with van der Waals surface area (Å²) in [5.74, 6) is -0.675. The van der Waals surface area contributed by atoms with Gasteiger partial charge in [0.15, 0.2) is 9.94 Å². The van der Waals surface area contributed by atoms with Gasteiger partial charge in [-0.05, 0) is 31.0 Å². The molecule has 0 spiro atoms. The third kappa shape index (κ3) is 4.45. The molecular formula is C14H16BrClN2O4S. The Kier molecular flexibility index (Phi) is 6.05. The smallest absolute Gasteiger partial charge is 0.255 e. The first-order chi connectivity index (χ1) is 10.8. The van der Waals surface area contributed by atoms with Gasteiger partial charge in [-0.25, -0.2) is 8.42 Å². The number of Topliss-reactive ketones (excluding diaryl/α,β-unsaturated/α-hetero) is 1. The molecule has 1 unspecified atom stereocenters. The Labute approximate surface area is 148 Å². The van der Waals surface area contributed by atoms with E-state index in [1.54, 1.807) is 10.8 Å². The molecule has 9 heteroatoms. The average Bonchev–Trinajstić information content (AvgIpc) is 3.01. The van der Waals surface area contributed by atoms with Crippen LogP contribution >= 0.6 is 27.5 Å². The molecule has 6 nitrogen and oxygen atoms in total. The molecule has 0 radical (unpaired) electrons. The molecule has 1 amide bonds. The van der Waals surface area contributed by atoms with Gasteiger partial charge in [0.1, 0.15) is 0 Å². The fraction of sp³-hybridized carbons (Fsp3) is 0.429. The van der Waals surface area contributed by atoms with Crippen LogP contribution in [-0.4, -0.2) is 30.8 Å². The number of anilines is 1. The third-order valence-corrected chi connectivity index (χ3v) is 7.06. The second kappa shape index (κ2) is 7.63. The highest BCUT2D eigenvalue weighted by molar-refractivity contribution is 9.11. The van der Waals surface area contributed by atoms with E-state index < -0.39 is 20.0 Å². The van der Waals surface area contributed by atoms with Gasteiger partial charge in [-0.15, -0.1) is 0 Å². The van der Waals surface area contributed by atoms with Gasteiger partial charge in [0.2, 0.25) is 6.41 Å². The van der Waals surface area contributed by atoms with Crippen LogP contribution in [0.4, 0.5) is 5.69 Å². The zero-order chi connectivity index (χ0) is 17.0. The Morgan fingerprint density at radius 1 is 1.35 bits per heavy atom. The lowest BCUT2D eigenvalue weighted by molar-refractivity contribution is -0.108. The van der Waals surface area contributed by atoms with Crippen LogP contribution in [0.15, 0.2) is 18.2 Å². The highest BCUT2D eigenvalue weighted by Crippen LogP contribution is 2.29. The molecule has 1 fully saturated rings. The molecule has 1 aliphatic carbocycles. The summed E-state index contributed by atoms with van der Waals surface area (Å²) in [5, 5.41) is 3.75. The minimum absolute atomic E-state index is 0.0197. The normalized spacial score (nSPS) is 16.8. The second-order valence-electron chi connectivity index (χ2n) is 5.28. The van der Waals surface area contributed by atoms with Gasteiger partial charge in [0.05, 0.1) is 10.7 Å². The summed E-state index contributed by atoms with van der Waals surface area (Å²) in [6, 6.07) is 4.84. The van der Waals surface area contributed by atoms with E-state index in [2.05, 4.69) is 21.2 Å². The lowest BCUT2D eigenvalue weighted by atomic mass is 10.1. The lowest BCUT2D eigenvalue weighted by Crippen LogP contribution is -2.35. The van der Waals surface area contributed by atoms with E-state index in [0.717, 1.165) is 25.7 Å². The van der Waals surface area contributed by atoms with Crippen LogP contribution in [0.2, 0.25) is 5.02 Å². The van der Waals surface area contributed by atoms with E-state index >= 15 is 0 Å². The van der Waals surface area contributed by atoms with E-state index in [9.17, 15) is 18.0 Å². The SMILES string of the molecule is O=CNS(=O)(=O)C(Br)C(=O)c1ccc(Cl)c(NC2CCCC2)c1. The summed E-state index contributed by atoms with van der Waals surface area (Å²) in [5.41, 5.74) is 0.790. The second-order valence-corrected chi connectivity index (χ2v) is 9.01. The predicted octanol–water partition coefficient (Wildman–Crippen LogP) is 2.67. The number of carbonyl (C=O) groups excluding carboxylic acids is 2. The Morgan fingerprint density at radius 2 is 2.00 bits per heavy atom. The van der Waals surface area contributed by atoms with Crippen LogP contribution in [0.25, 0.3) is 0 Å². The quantitative estimate of drug-likeness (QED) is 0.400. The number of hydrogen-bond donors (Lipinski definition) is 2. The van der Waals surface area contributed by atoms with Gasteiger partial charge in [-0.3, -0.25) is 14.3 Å². The standard InChI is InChI=1S/C14H16BrClN2O4S/c15-14(23(21,22)17-8-19)13(20)9-5-6-11(16)12(7-9)18-10-3-1-2-4-10/h5-8,10,14,18H,1-4H2,(H,17,19). The zero-order valence-electron chi connectivity index (χ0n) is 12.1. The van der Waals surface area contributed by atoms with E-state index in [1.807, 2.05) is 0 Å². The Hall–Kier alpha value is -1.12. The van der Waals surface area contributed by atoms with Crippen LogP contribution in [0.5, 0.6) is 0 Å². The van der Waals surface area contributed by atoms with Crippen LogP contribution in [-0.2, 0) is 14.8 Å². The minimum atomic E-state index is -4.11. The van der Waals surface area contributed by atoms with Crippen molar-refractivity contribution in [2.24, 2.45) is 0 Å². The average molecular weight is 424 g/mol. The molecule has 1 aliphatic rings. The van der Waals surface area contributed by atoms with Crippen molar-refractivity contribution in [3.63, 3.8) is 0 Å². The number of benzene rings is 1. The van der Waals surface area contributed by atoms with Crippen molar-refractivity contribution in [2.45, 2.75) is 35.9 Å². The van der Waals surface area contributed by atoms with Crippen LogP contribution in [0.1, 0.15) is 36.0 Å². The first kappa shape index (κ1) is 18.2. The molecule has 23 heavy (non-hydrogen) atoms. The number of ketones is 1. The van der Waals surface area contributed by atoms with E-state index in [4.69, 9.17) is 11.6 Å². The first-order valence-electron chi connectivity index (χ1n) is 7.04. The van der Waals surface area contributed by atoms with Crippen LogP contribution in [0, 0.1) is 0 Å². The molecule has 1 atom stereocenters. The summed E-state index contributed by atoms with van der Waals surface area (Å²) in [6.45, 7) is 0. The Bertz CT molecular complexity index is 705. The van der Waals surface area contributed by atoms with E-state index in [-0.39, 0.29) is 12.0 Å². The Morgan fingerprint density at radius 3 is 2.61 bits per heavy atom. The molecule has 0 bridgehead atoms. The maximum absolute atomic E-state index is 12.3. The van der Waals surface area contributed by atoms with E-state index in [0.29, 0.717) is 16.8 Å². The molecule has 1 saturated carbocycles. The molecule has 0 saturated heterocycles. The van der Waals surface area contributed by atoms with Crippen molar-refractivity contribution in [1.29, 1.82) is 0 Å². The van der Waals surface area contributed by atoms with Gasteiger partial charge in [-0.1, -0.05) is 40.4 Å². The fourth-order valence-corrected chi connectivity index (χ4v) is 3.91. The maximum atomic E-state index is 12.3. The Balaban J connectivity index is 2.22. The predicted molar refractivity (Wildman–Crippen MR) is 92.5 cm³/mol. The minimum Gasteiger partial charge on any atom is -0.381 e. The van der Waals surface area contributed by atoms with Crippen molar-refractivity contribution >= 4 is 55.4 Å². The number of amides is 1. The summed E-state index contributed by atoms with van der Waals surface area (Å²) in [4.78, 5) is 22.6. The summed E-state index contributed by atoms with van der Waals surface area (Å²) in [7, 11) is -4.11. The first-order valence-corrected chi connectivity index (χ1v) is 9.88. The summed E-state index contributed by atoms with van der Waals surface area (Å²) < 4.78 is 23.5. The summed E-state index contributed by atoms with van der Waals surface area (Å²) in [6.07, 6.45) is 4.38. The maximum Gasteiger partial charge on any atom is 0.255 e. The highest BCUT2D eigenvalue weighted by atomic mass is 79.9. The van der Waals surface area contributed by atoms with Crippen molar-refractivity contribution in [2.75, 3.05) is 5.32 Å². The van der Waals surface area contributed by atoms with Gasteiger partial charge in [0, 0.05) is 11.6 Å². The van der Waals surface area contributed by atoms with E-state index in [1.165, 1.54) is 12.1 Å². The fourth-order valence-electron chi connectivity index (χ4n) is 2.48. The largest absolute Gasteiger partial charge is 0.381 e. The van der Waals surface area contributed by atoms with Crippen molar-refractivity contribution in [1.82, 2.24) is 4.72 Å². The molecule has 0 aliphatic heterocycles. The summed E-state index contributed by atoms with van der Waals surface area (Å²) >= 11 is 8.96. The molecular weight excluding hydrogens is 408 g/mol. The number of sulfonamides is 1. The van der Waals surface area contributed by atoms with Gasteiger partial charge < -0.3 is 5.32 Å². The molecule has 1 aromatic rings. The molecule has 0 heterocycles. The molecule has 126 valence electrons. The van der Waals surface area contributed by atoms with Crippen molar-refractivity contribution < 1.29 is 18.0 Å². The van der Waals surface area contributed by atoms with Gasteiger partial charge >= 0.3 is 0 Å². The third-order valence-electron chi connectivity index (χ3n) is 3.66. The number of halogens is 2. The van der Waals surface area contributed by atoms with Crippen LogP contribution < -0.4 is 10.0 Å². The van der Waals surface area contributed by atoms with Gasteiger partial charge in [0.25, 0.3) is 10.0 Å². The number of rotatable bonds is 7. The van der Waals surface area contributed by atoms with Crippen molar-refractivity contribution in [3.05, 3.63) is 28.8 Å². The molecule has 0 aromatic heterocycles. The highest BCUT2D eigenvalue weighted by Gasteiger charge is 2.30. The monoisotopic (exact) mass is 422 g/mol. The van der Waals surface area contributed by atoms with Crippen LogP contribution in [0.3, 0.4) is 0 Å². The van der Waals surface area contributed by atoms with Gasteiger partial charge in [-0.2, -0.15) is 0 Å². The molecule has 2 N–H and O–H groups in total. The number of nitrogens with one attached hydrogen (secondary N) is 2. The van der Waals surface area contributed by atoms with Crippen molar-refractivity contribution in [3.8, 4) is 0 Å². The number of carbonyl (C=O) groups is 2. The molecule has 2 rings (SSSR count). The topological polar surface area (TPSA) is 92.3 Å². The lowest BCUT2D eigenvalue weighted by Gasteiger charge is -2.16. The number of hydrogen-bond acceptors (Lipinski definition) is 5. The molecule has 1 aromatic carbocycles.